The van der Waals surface area contributed by atoms with Gasteiger partial charge in [0.15, 0.2) is 0 Å². The van der Waals surface area contributed by atoms with E-state index in [1.807, 2.05) is 0 Å². The first-order valence-electron chi connectivity index (χ1n) is 8.56. The topological polar surface area (TPSA) is 96.2 Å². The summed E-state index contributed by atoms with van der Waals surface area (Å²) in [4.78, 5) is 37.9. The first-order valence-corrected chi connectivity index (χ1v) is 10.3. The summed E-state index contributed by atoms with van der Waals surface area (Å²) >= 11 is 0. The van der Waals surface area contributed by atoms with Crippen molar-refractivity contribution < 1.29 is 28.3 Å². The number of hydrogen-bond acceptors (Lipinski definition) is 6. The van der Waals surface area contributed by atoms with Gasteiger partial charge >= 0.3 is 15.0 Å². The number of unbranched alkanes of at least 4 members (excludes halogenated alkanes) is 9. The second-order valence-corrected chi connectivity index (χ2v) is 7.10. The van der Waals surface area contributed by atoms with Crippen LogP contribution in [0.4, 0.5) is 0 Å². The Morgan fingerprint density at radius 2 is 1.48 bits per heavy atom. The van der Waals surface area contributed by atoms with Crippen LogP contribution in [0.1, 0.15) is 77.6 Å². The fourth-order valence-electron chi connectivity index (χ4n) is 2.22. The van der Waals surface area contributed by atoms with Gasteiger partial charge in [-0.2, -0.15) is 0 Å². The molecule has 6 nitrogen and oxygen atoms in total. The Kier molecular flexibility index (Phi) is 13.2. The number of carbonyl (C=O) groups is 1. The van der Waals surface area contributed by atoms with Gasteiger partial charge in [0.25, 0.3) is 0 Å². The first-order chi connectivity index (χ1) is 10.9. The smallest absolute Gasteiger partial charge is 0.433 e. The molecule has 0 aromatic heterocycles. The molecule has 0 spiro atoms. The number of carbonyl (C=O) groups excluding carboxylic acids is 1. The lowest BCUT2D eigenvalue weighted by Gasteiger charge is -2.18. The number of hydrogen-bond donors (Lipinski definition) is 3. The van der Waals surface area contributed by atoms with Gasteiger partial charge < -0.3 is 23.5 Å². The van der Waals surface area contributed by atoms with Crippen LogP contribution in [-0.4, -0.2) is 35.7 Å². The van der Waals surface area contributed by atoms with Gasteiger partial charge in [-0.25, -0.2) is 0 Å². The van der Waals surface area contributed by atoms with Crippen molar-refractivity contribution in [1.82, 2.24) is 0 Å². The third kappa shape index (κ3) is 15.9. The molecule has 0 aliphatic heterocycles. The summed E-state index contributed by atoms with van der Waals surface area (Å²) in [5.41, 5.74) is 0. The Hall–Kier alpha value is -0.733. The molecule has 0 aliphatic carbocycles. The van der Waals surface area contributed by atoms with E-state index in [2.05, 4.69) is 17.9 Å². The maximum atomic E-state index is 11.6. The van der Waals surface area contributed by atoms with E-state index in [0.29, 0.717) is 0 Å². The minimum atomic E-state index is -4.72. The van der Waals surface area contributed by atoms with Crippen LogP contribution in [0.15, 0.2) is 12.7 Å². The van der Waals surface area contributed by atoms with Crippen LogP contribution in [0, 0.1) is 0 Å². The quantitative estimate of drug-likeness (QED) is 0.138. The van der Waals surface area contributed by atoms with Crippen molar-refractivity contribution in [1.29, 1.82) is 0 Å². The monoisotopic (exact) mass is 348 g/mol. The molecule has 0 aliphatic rings. The van der Waals surface area contributed by atoms with Crippen molar-refractivity contribution in [2.45, 2.75) is 83.8 Å². The molecule has 0 aromatic rings. The normalized spacial score (nSPS) is 12.9. The molecular weight excluding hydrogens is 316 g/mol. The zero-order chi connectivity index (χ0) is 17.6. The molecule has 23 heavy (non-hydrogen) atoms. The summed E-state index contributed by atoms with van der Waals surface area (Å²) in [7, 11) is -4.72. The maximum Gasteiger partial charge on any atom is 0.674 e. The summed E-state index contributed by atoms with van der Waals surface area (Å²) in [5, 5.41) is 0. The summed E-state index contributed by atoms with van der Waals surface area (Å²) in [5.74, 6) is -0.507. The average molecular weight is 349 g/mol. The van der Waals surface area contributed by atoms with Crippen LogP contribution in [-0.2, 0) is 14.0 Å². The van der Waals surface area contributed by atoms with Crippen molar-refractivity contribution in [3.05, 3.63) is 12.7 Å². The van der Waals surface area contributed by atoms with E-state index in [-0.39, 0.29) is 6.42 Å². The number of ether oxygens (including phenoxy) is 1. The second-order valence-electron chi connectivity index (χ2n) is 5.72. The summed E-state index contributed by atoms with van der Waals surface area (Å²) < 4.78 is 9.24. The molecule has 0 radical (unpaired) electrons. The molecule has 0 saturated heterocycles. The Balaban J connectivity index is 3.54. The highest BCUT2D eigenvalue weighted by atomic mass is 28.4. The molecular formula is C16H32O6Si. The van der Waals surface area contributed by atoms with E-state index in [1.54, 1.807) is 0 Å². The van der Waals surface area contributed by atoms with Crippen molar-refractivity contribution in [3.63, 3.8) is 0 Å². The third-order valence-corrected chi connectivity index (χ3v) is 4.00. The fourth-order valence-corrected chi connectivity index (χ4v) is 2.68. The lowest BCUT2D eigenvalue weighted by Crippen LogP contribution is -2.43. The molecule has 0 rings (SSSR count). The minimum Gasteiger partial charge on any atom is -0.433 e. The highest BCUT2D eigenvalue weighted by Crippen LogP contribution is 2.12. The van der Waals surface area contributed by atoms with Crippen LogP contribution >= 0.6 is 0 Å². The van der Waals surface area contributed by atoms with Crippen molar-refractivity contribution >= 4 is 15.0 Å². The molecule has 0 bridgehead atoms. The van der Waals surface area contributed by atoms with Crippen LogP contribution in [0.5, 0.6) is 0 Å². The van der Waals surface area contributed by atoms with Gasteiger partial charge in [0.2, 0.25) is 6.29 Å². The fraction of sp³-hybridized carbons (Fsp3) is 0.812. The second kappa shape index (κ2) is 13.7. The Morgan fingerprint density at radius 1 is 1.00 bits per heavy atom. The van der Waals surface area contributed by atoms with Crippen molar-refractivity contribution in [2.24, 2.45) is 0 Å². The van der Waals surface area contributed by atoms with E-state index < -0.39 is 21.3 Å². The minimum absolute atomic E-state index is 0.237. The predicted molar refractivity (Wildman–Crippen MR) is 90.0 cm³/mol. The largest absolute Gasteiger partial charge is 0.674 e. The maximum absolute atomic E-state index is 11.6. The standard InChI is InChI=1S/C16H32O6Si/c1-3-5-6-7-8-9-10-11-12-13-14-15(17)21-16(4-2)22-23(18,19)20/h4,16,18-20H,2-3,5-14H2,1H3. The van der Waals surface area contributed by atoms with E-state index in [4.69, 9.17) is 19.1 Å². The van der Waals surface area contributed by atoms with Crippen molar-refractivity contribution in [2.75, 3.05) is 0 Å². The zero-order valence-corrected chi connectivity index (χ0v) is 15.2. The van der Waals surface area contributed by atoms with E-state index >= 15 is 0 Å². The first kappa shape index (κ1) is 22.3. The predicted octanol–water partition coefficient (Wildman–Crippen LogP) is 2.78. The highest BCUT2D eigenvalue weighted by molar-refractivity contribution is 6.48. The molecule has 1 unspecified atom stereocenters. The molecule has 0 saturated carbocycles. The van der Waals surface area contributed by atoms with Gasteiger partial charge in [-0.15, -0.1) is 0 Å². The summed E-state index contributed by atoms with van der Waals surface area (Å²) in [6.45, 7) is 5.55. The lowest BCUT2D eigenvalue weighted by molar-refractivity contribution is -0.164. The molecule has 0 amide bonds. The van der Waals surface area contributed by atoms with Crippen LogP contribution in [0.25, 0.3) is 0 Å². The zero-order valence-electron chi connectivity index (χ0n) is 14.2. The van der Waals surface area contributed by atoms with Crippen LogP contribution in [0.3, 0.4) is 0 Å². The molecule has 1 atom stereocenters. The lowest BCUT2D eigenvalue weighted by atomic mass is 10.1. The third-order valence-electron chi connectivity index (χ3n) is 3.45. The average Bonchev–Trinajstić information content (AvgIpc) is 2.47. The van der Waals surface area contributed by atoms with Crippen LogP contribution in [0.2, 0.25) is 0 Å². The number of rotatable bonds is 15. The van der Waals surface area contributed by atoms with Gasteiger partial charge in [-0.3, -0.25) is 4.79 Å². The van der Waals surface area contributed by atoms with E-state index in [0.717, 1.165) is 25.3 Å². The van der Waals surface area contributed by atoms with E-state index in [9.17, 15) is 4.79 Å². The Bertz CT molecular complexity index is 316. The molecule has 7 heteroatoms. The molecule has 0 fully saturated rings. The van der Waals surface area contributed by atoms with E-state index in [1.165, 1.54) is 44.9 Å². The van der Waals surface area contributed by atoms with Crippen molar-refractivity contribution in [3.8, 4) is 0 Å². The van der Waals surface area contributed by atoms with Gasteiger partial charge in [0, 0.05) is 6.42 Å². The SMILES string of the molecule is C=CC(OC(=O)CCCCCCCCCCCC)O[Si](O)(O)O. The highest BCUT2D eigenvalue weighted by Gasteiger charge is 2.35. The van der Waals surface area contributed by atoms with Crippen LogP contribution < -0.4 is 0 Å². The number of esters is 1. The Morgan fingerprint density at radius 3 is 1.91 bits per heavy atom. The van der Waals surface area contributed by atoms with Gasteiger partial charge in [-0.05, 0) is 12.5 Å². The molecule has 0 aromatic carbocycles. The Labute approximate surface area is 140 Å². The summed E-state index contributed by atoms with van der Waals surface area (Å²) in [6, 6.07) is 0. The molecule has 3 N–H and O–H groups in total. The molecule has 0 heterocycles. The van der Waals surface area contributed by atoms with Gasteiger partial charge in [0.1, 0.15) is 0 Å². The molecule has 136 valence electrons. The van der Waals surface area contributed by atoms with Gasteiger partial charge in [0.05, 0.1) is 0 Å². The summed E-state index contributed by atoms with van der Waals surface area (Å²) in [6.07, 6.45) is 11.7. The van der Waals surface area contributed by atoms with Gasteiger partial charge in [-0.1, -0.05) is 71.3 Å².